The molecule has 94 valence electrons. The van der Waals surface area contributed by atoms with Crippen molar-refractivity contribution in [2.75, 3.05) is 6.54 Å². The second kappa shape index (κ2) is 5.78. The first-order valence-corrected chi connectivity index (χ1v) is 6.36. The van der Waals surface area contributed by atoms with Crippen molar-refractivity contribution in [1.29, 1.82) is 0 Å². The highest BCUT2D eigenvalue weighted by molar-refractivity contribution is 6.31. The Morgan fingerprint density at radius 2 is 2.24 bits per heavy atom. The molecule has 1 aromatic rings. The SMILES string of the molecule is Fc1ccc(CC(F)C2CCCCN2)c(Cl)c1. The maximum absolute atomic E-state index is 14.0. The lowest BCUT2D eigenvalue weighted by atomic mass is 9.96. The number of rotatable bonds is 3. The van der Waals surface area contributed by atoms with Crippen LogP contribution in [-0.2, 0) is 6.42 Å². The average molecular weight is 260 g/mol. The van der Waals surface area contributed by atoms with Crippen molar-refractivity contribution in [3.63, 3.8) is 0 Å². The van der Waals surface area contributed by atoms with Crippen molar-refractivity contribution in [2.24, 2.45) is 0 Å². The van der Waals surface area contributed by atoms with Gasteiger partial charge in [-0.3, -0.25) is 0 Å². The van der Waals surface area contributed by atoms with Gasteiger partial charge in [-0.2, -0.15) is 0 Å². The Labute approximate surface area is 105 Å². The summed E-state index contributed by atoms with van der Waals surface area (Å²) < 4.78 is 26.9. The van der Waals surface area contributed by atoms with E-state index in [0.29, 0.717) is 10.6 Å². The molecule has 1 aliphatic rings. The summed E-state index contributed by atoms with van der Waals surface area (Å²) in [5, 5.41) is 3.49. The lowest BCUT2D eigenvalue weighted by molar-refractivity contribution is 0.217. The first-order valence-electron chi connectivity index (χ1n) is 5.98. The zero-order chi connectivity index (χ0) is 12.3. The smallest absolute Gasteiger partial charge is 0.124 e. The van der Waals surface area contributed by atoms with E-state index < -0.39 is 6.17 Å². The molecular weight excluding hydrogens is 244 g/mol. The molecule has 0 aliphatic carbocycles. The standard InChI is InChI=1S/C13H16ClF2N/c14-11-8-10(15)5-4-9(11)7-12(16)13-3-1-2-6-17-13/h4-5,8,12-13,17H,1-3,6-7H2. The van der Waals surface area contributed by atoms with Gasteiger partial charge in [0.1, 0.15) is 12.0 Å². The third-order valence-electron chi connectivity index (χ3n) is 3.22. The average Bonchev–Trinajstić information content (AvgIpc) is 2.34. The second-order valence-corrected chi connectivity index (χ2v) is 4.92. The number of halogens is 3. The predicted molar refractivity (Wildman–Crippen MR) is 65.7 cm³/mol. The highest BCUT2D eigenvalue weighted by Gasteiger charge is 2.23. The van der Waals surface area contributed by atoms with E-state index in [1.165, 1.54) is 12.1 Å². The molecule has 1 fully saturated rings. The minimum Gasteiger partial charge on any atom is -0.311 e. The topological polar surface area (TPSA) is 12.0 Å². The van der Waals surface area contributed by atoms with Crippen LogP contribution in [0.1, 0.15) is 24.8 Å². The molecule has 17 heavy (non-hydrogen) atoms. The Kier molecular flexibility index (Phi) is 4.35. The van der Waals surface area contributed by atoms with Crippen LogP contribution in [-0.4, -0.2) is 18.8 Å². The molecule has 0 radical (unpaired) electrons. The zero-order valence-electron chi connectivity index (χ0n) is 9.56. The van der Waals surface area contributed by atoms with Crippen LogP contribution in [0.25, 0.3) is 0 Å². The molecule has 2 rings (SSSR count). The minimum absolute atomic E-state index is 0.0927. The van der Waals surface area contributed by atoms with Crippen LogP contribution in [0.3, 0.4) is 0 Å². The van der Waals surface area contributed by atoms with Gasteiger partial charge in [-0.1, -0.05) is 24.1 Å². The van der Waals surface area contributed by atoms with Gasteiger partial charge in [-0.15, -0.1) is 0 Å². The van der Waals surface area contributed by atoms with Gasteiger partial charge in [0.25, 0.3) is 0 Å². The van der Waals surface area contributed by atoms with E-state index >= 15 is 0 Å². The number of nitrogens with one attached hydrogen (secondary N) is 1. The van der Waals surface area contributed by atoms with Gasteiger partial charge >= 0.3 is 0 Å². The summed E-state index contributed by atoms with van der Waals surface area (Å²) in [6, 6.07) is 4.03. The van der Waals surface area contributed by atoms with Crippen LogP contribution in [0, 0.1) is 5.82 Å². The first-order chi connectivity index (χ1) is 8.16. The lowest BCUT2D eigenvalue weighted by Crippen LogP contribution is -2.42. The van der Waals surface area contributed by atoms with Crippen molar-refractivity contribution in [3.8, 4) is 0 Å². The summed E-state index contributed by atoms with van der Waals surface area (Å²) in [5.74, 6) is -0.384. The Balaban J connectivity index is 1.99. The number of piperidine rings is 1. The lowest BCUT2D eigenvalue weighted by Gasteiger charge is -2.26. The van der Waals surface area contributed by atoms with Crippen LogP contribution < -0.4 is 5.32 Å². The van der Waals surface area contributed by atoms with E-state index in [9.17, 15) is 8.78 Å². The molecule has 1 aliphatic heterocycles. The van der Waals surface area contributed by atoms with Crippen LogP contribution >= 0.6 is 11.6 Å². The summed E-state index contributed by atoms with van der Waals surface area (Å²) >= 11 is 5.89. The van der Waals surface area contributed by atoms with Crippen LogP contribution in [0.2, 0.25) is 5.02 Å². The molecule has 1 aromatic carbocycles. The van der Waals surface area contributed by atoms with Gasteiger partial charge in [0.05, 0.1) is 0 Å². The first kappa shape index (κ1) is 12.8. The van der Waals surface area contributed by atoms with Gasteiger partial charge in [0.2, 0.25) is 0 Å². The Morgan fingerprint density at radius 1 is 1.41 bits per heavy atom. The molecule has 2 atom stereocenters. The summed E-state index contributed by atoms with van der Waals surface area (Å²) in [4.78, 5) is 0. The van der Waals surface area contributed by atoms with Gasteiger partial charge in [-0.25, -0.2) is 8.78 Å². The number of hydrogen-bond donors (Lipinski definition) is 1. The fourth-order valence-electron chi connectivity index (χ4n) is 2.23. The summed E-state index contributed by atoms with van der Waals surface area (Å²) in [6.45, 7) is 0.877. The second-order valence-electron chi connectivity index (χ2n) is 4.51. The molecule has 1 saturated heterocycles. The zero-order valence-corrected chi connectivity index (χ0v) is 10.3. The summed E-state index contributed by atoms with van der Waals surface area (Å²) in [5.41, 5.74) is 0.674. The third-order valence-corrected chi connectivity index (χ3v) is 3.57. The molecule has 0 amide bonds. The van der Waals surface area contributed by atoms with E-state index in [1.807, 2.05) is 0 Å². The van der Waals surface area contributed by atoms with Crippen LogP contribution in [0.4, 0.5) is 8.78 Å². The fraction of sp³-hybridized carbons (Fsp3) is 0.538. The molecule has 0 spiro atoms. The summed E-state index contributed by atoms with van der Waals surface area (Å²) in [6.07, 6.45) is 2.32. The van der Waals surface area contributed by atoms with Gasteiger partial charge in [-0.05, 0) is 37.1 Å². The van der Waals surface area contributed by atoms with Crippen LogP contribution in [0.15, 0.2) is 18.2 Å². The van der Waals surface area contributed by atoms with Crippen molar-refractivity contribution < 1.29 is 8.78 Å². The molecule has 2 unspecified atom stereocenters. The van der Waals surface area contributed by atoms with Gasteiger partial charge < -0.3 is 5.32 Å². The van der Waals surface area contributed by atoms with Crippen LogP contribution in [0.5, 0.6) is 0 Å². The molecule has 0 aromatic heterocycles. The predicted octanol–water partition coefficient (Wildman–Crippen LogP) is 3.50. The van der Waals surface area contributed by atoms with Gasteiger partial charge in [0, 0.05) is 17.5 Å². The fourth-order valence-corrected chi connectivity index (χ4v) is 2.47. The van der Waals surface area contributed by atoms with Crippen molar-refractivity contribution in [1.82, 2.24) is 5.32 Å². The minimum atomic E-state index is -0.960. The van der Waals surface area contributed by atoms with E-state index in [2.05, 4.69) is 5.32 Å². The molecule has 1 heterocycles. The summed E-state index contributed by atoms with van der Waals surface area (Å²) in [7, 11) is 0. The Morgan fingerprint density at radius 3 is 2.88 bits per heavy atom. The van der Waals surface area contributed by atoms with E-state index in [0.717, 1.165) is 25.8 Å². The molecule has 0 bridgehead atoms. The maximum Gasteiger partial charge on any atom is 0.124 e. The Bertz CT molecular complexity index is 378. The highest BCUT2D eigenvalue weighted by atomic mass is 35.5. The normalized spacial score (nSPS) is 22.4. The highest BCUT2D eigenvalue weighted by Crippen LogP contribution is 2.22. The molecular formula is C13H16ClF2N. The van der Waals surface area contributed by atoms with Crippen molar-refractivity contribution in [3.05, 3.63) is 34.6 Å². The maximum atomic E-state index is 14.0. The Hall–Kier alpha value is -0.670. The molecule has 1 N–H and O–H groups in total. The number of hydrogen-bond acceptors (Lipinski definition) is 1. The van der Waals surface area contributed by atoms with Crippen molar-refractivity contribution >= 4 is 11.6 Å². The molecule has 0 saturated carbocycles. The van der Waals surface area contributed by atoms with Crippen molar-refractivity contribution in [2.45, 2.75) is 37.9 Å². The molecule has 4 heteroatoms. The third kappa shape index (κ3) is 3.39. The largest absolute Gasteiger partial charge is 0.311 e. The number of alkyl halides is 1. The van der Waals surface area contributed by atoms with E-state index in [4.69, 9.17) is 11.6 Å². The number of benzene rings is 1. The quantitative estimate of drug-likeness (QED) is 0.876. The van der Waals surface area contributed by atoms with E-state index in [-0.39, 0.29) is 18.3 Å². The van der Waals surface area contributed by atoms with E-state index in [1.54, 1.807) is 6.07 Å². The molecule has 1 nitrogen and oxygen atoms in total. The van der Waals surface area contributed by atoms with Gasteiger partial charge in [0.15, 0.2) is 0 Å². The monoisotopic (exact) mass is 259 g/mol.